The number of H-pyrrole nitrogens is 1. The van der Waals surface area contributed by atoms with Crippen LogP contribution >= 0.6 is 12.4 Å². The van der Waals surface area contributed by atoms with Gasteiger partial charge in [0.15, 0.2) is 0 Å². The van der Waals surface area contributed by atoms with Crippen LogP contribution in [0.3, 0.4) is 0 Å². The van der Waals surface area contributed by atoms with Crippen LogP contribution in [0, 0.1) is 5.82 Å². The molecule has 1 aromatic carbocycles. The molecule has 0 aliphatic rings. The normalized spacial score (nSPS) is 12.5. The molecule has 1 heterocycles. The summed E-state index contributed by atoms with van der Waals surface area (Å²) in [6.45, 7) is 7.53. The summed E-state index contributed by atoms with van der Waals surface area (Å²) in [6, 6.07) is 5.73. The van der Waals surface area contributed by atoms with E-state index in [0.29, 0.717) is 18.8 Å². The number of benzene rings is 1. The number of hydrogen-bond acceptors (Lipinski definition) is 4. The van der Waals surface area contributed by atoms with Crippen molar-refractivity contribution in [2.24, 2.45) is 0 Å². The second-order valence-corrected chi connectivity index (χ2v) is 6.57. The summed E-state index contributed by atoms with van der Waals surface area (Å²) in [5.74, 6) is 0.227. The number of aliphatic hydroxyl groups is 1. The lowest BCUT2D eigenvalue weighted by Gasteiger charge is -2.19. The fourth-order valence-corrected chi connectivity index (χ4v) is 2.25. The molecular formula is C17H25ClFN3O2. The first-order valence-corrected chi connectivity index (χ1v) is 7.66. The van der Waals surface area contributed by atoms with Crippen LogP contribution in [0.1, 0.15) is 32.0 Å². The highest BCUT2D eigenvalue weighted by Crippen LogP contribution is 2.23. The van der Waals surface area contributed by atoms with Crippen molar-refractivity contribution in [3.8, 4) is 5.75 Å². The molecule has 0 amide bonds. The van der Waals surface area contributed by atoms with Crippen LogP contribution in [-0.4, -0.2) is 34.6 Å². The Kier molecular flexibility index (Phi) is 7.66. The highest BCUT2D eigenvalue weighted by atomic mass is 35.5. The number of ether oxygens (including phenoxy) is 1. The molecule has 24 heavy (non-hydrogen) atoms. The van der Waals surface area contributed by atoms with Crippen LogP contribution in [0.25, 0.3) is 0 Å². The van der Waals surface area contributed by atoms with Gasteiger partial charge >= 0.3 is 0 Å². The van der Waals surface area contributed by atoms with Gasteiger partial charge < -0.3 is 15.2 Å². The van der Waals surface area contributed by atoms with Gasteiger partial charge in [0.1, 0.15) is 24.3 Å². The number of nitrogens with one attached hydrogen (secondary N) is 2. The molecule has 0 fully saturated rings. The molecule has 0 saturated heterocycles. The van der Waals surface area contributed by atoms with Gasteiger partial charge in [0.2, 0.25) is 0 Å². The Bertz CT molecular complexity index is 611. The first kappa shape index (κ1) is 20.4. The molecule has 3 N–H and O–H groups in total. The Morgan fingerprint density at radius 3 is 2.58 bits per heavy atom. The average Bonchev–Trinajstić information content (AvgIpc) is 2.95. The van der Waals surface area contributed by atoms with E-state index in [0.717, 1.165) is 11.3 Å². The second kappa shape index (κ2) is 9.01. The summed E-state index contributed by atoms with van der Waals surface area (Å²) in [5, 5.41) is 20.2. The molecule has 2 rings (SSSR count). The Morgan fingerprint density at radius 1 is 1.29 bits per heavy atom. The lowest BCUT2D eigenvalue weighted by Crippen LogP contribution is -2.31. The summed E-state index contributed by atoms with van der Waals surface area (Å²) in [4.78, 5) is 0. The van der Waals surface area contributed by atoms with Crippen LogP contribution in [0.15, 0.2) is 30.5 Å². The lowest BCUT2D eigenvalue weighted by molar-refractivity contribution is 0.106. The highest BCUT2D eigenvalue weighted by molar-refractivity contribution is 5.85. The van der Waals surface area contributed by atoms with Crippen LogP contribution < -0.4 is 10.1 Å². The lowest BCUT2D eigenvalue weighted by atomic mass is 9.89. The molecule has 0 bridgehead atoms. The van der Waals surface area contributed by atoms with Crippen LogP contribution in [0.5, 0.6) is 5.75 Å². The molecule has 0 radical (unpaired) electrons. The molecule has 7 heteroatoms. The minimum Gasteiger partial charge on any atom is -0.491 e. The van der Waals surface area contributed by atoms with Crippen LogP contribution in [-0.2, 0) is 12.0 Å². The first-order valence-electron chi connectivity index (χ1n) is 7.66. The maximum Gasteiger partial charge on any atom is 0.123 e. The Labute approximate surface area is 148 Å². The van der Waals surface area contributed by atoms with Crippen molar-refractivity contribution in [1.82, 2.24) is 15.5 Å². The maximum atomic E-state index is 12.8. The Balaban J connectivity index is 0.00000288. The molecule has 0 aliphatic heterocycles. The second-order valence-electron chi connectivity index (χ2n) is 6.57. The zero-order chi connectivity index (χ0) is 16.9. The summed E-state index contributed by atoms with van der Waals surface area (Å²) < 4.78 is 18.2. The third kappa shape index (κ3) is 6.11. The molecule has 0 saturated carbocycles. The van der Waals surface area contributed by atoms with E-state index >= 15 is 0 Å². The predicted octanol–water partition coefficient (Wildman–Crippen LogP) is 2.80. The van der Waals surface area contributed by atoms with Crippen molar-refractivity contribution in [3.63, 3.8) is 0 Å². The quantitative estimate of drug-likeness (QED) is 0.712. The van der Waals surface area contributed by atoms with Crippen molar-refractivity contribution >= 4 is 12.4 Å². The average molecular weight is 358 g/mol. The smallest absolute Gasteiger partial charge is 0.123 e. The van der Waals surface area contributed by atoms with Crippen molar-refractivity contribution in [2.45, 2.75) is 38.8 Å². The number of halogens is 2. The molecule has 2 aromatic rings. The third-order valence-electron chi connectivity index (χ3n) is 3.42. The van der Waals surface area contributed by atoms with E-state index in [1.165, 1.54) is 24.3 Å². The molecule has 0 aliphatic carbocycles. The zero-order valence-electron chi connectivity index (χ0n) is 14.2. The van der Waals surface area contributed by atoms with E-state index in [1.807, 2.05) is 0 Å². The van der Waals surface area contributed by atoms with Crippen LogP contribution in [0.2, 0.25) is 0 Å². The monoisotopic (exact) mass is 357 g/mol. The number of aromatic amines is 1. The number of rotatable bonds is 7. The van der Waals surface area contributed by atoms with E-state index < -0.39 is 6.10 Å². The molecule has 134 valence electrons. The summed E-state index contributed by atoms with van der Waals surface area (Å²) in [6.07, 6.45) is 1.15. The van der Waals surface area contributed by atoms with Crippen molar-refractivity contribution in [2.75, 3.05) is 13.2 Å². The predicted molar refractivity (Wildman–Crippen MR) is 94.1 cm³/mol. The Hall–Kier alpha value is -1.63. The minimum atomic E-state index is -0.648. The fourth-order valence-electron chi connectivity index (χ4n) is 2.25. The maximum absolute atomic E-state index is 12.8. The van der Waals surface area contributed by atoms with Gasteiger partial charge in [-0.3, -0.25) is 5.10 Å². The molecule has 5 nitrogen and oxygen atoms in total. The number of hydrogen-bond donors (Lipinski definition) is 3. The zero-order valence-corrected chi connectivity index (χ0v) is 15.0. The number of nitrogens with zero attached hydrogens (tertiary/aromatic N) is 1. The van der Waals surface area contributed by atoms with E-state index in [1.54, 1.807) is 6.20 Å². The first-order chi connectivity index (χ1) is 10.9. The van der Waals surface area contributed by atoms with Gasteiger partial charge in [-0.05, 0) is 24.3 Å². The Morgan fingerprint density at radius 2 is 1.96 bits per heavy atom. The SMILES string of the molecule is CC(C)(C)c1[nH]ncc1CNCC(O)COc1ccc(F)cc1.Cl. The van der Waals surface area contributed by atoms with Crippen LogP contribution in [0.4, 0.5) is 4.39 Å². The summed E-state index contributed by atoms with van der Waals surface area (Å²) in [7, 11) is 0. The number of aromatic nitrogens is 2. The number of aliphatic hydroxyl groups excluding tert-OH is 1. The standard InChI is InChI=1S/C17H24FN3O2.ClH/c1-17(2,3)16-12(9-20-21-16)8-19-10-14(22)11-23-15-6-4-13(18)5-7-15;/h4-7,9,14,19,22H,8,10-11H2,1-3H3,(H,20,21);1H. The van der Waals surface area contributed by atoms with Gasteiger partial charge in [-0.15, -0.1) is 12.4 Å². The molecular weight excluding hydrogens is 333 g/mol. The van der Waals surface area contributed by atoms with E-state index in [9.17, 15) is 9.50 Å². The van der Waals surface area contributed by atoms with Gasteiger partial charge in [-0.25, -0.2) is 4.39 Å². The molecule has 1 aromatic heterocycles. The highest BCUT2D eigenvalue weighted by Gasteiger charge is 2.19. The fraction of sp³-hybridized carbons (Fsp3) is 0.471. The molecule has 1 atom stereocenters. The van der Waals surface area contributed by atoms with Crippen molar-refractivity contribution < 1.29 is 14.2 Å². The van der Waals surface area contributed by atoms with Crippen molar-refractivity contribution in [1.29, 1.82) is 0 Å². The summed E-state index contributed by atoms with van der Waals surface area (Å²) >= 11 is 0. The van der Waals surface area contributed by atoms with Gasteiger partial charge in [0.05, 0.1) is 6.20 Å². The van der Waals surface area contributed by atoms with Gasteiger partial charge in [-0.2, -0.15) is 5.10 Å². The third-order valence-corrected chi connectivity index (χ3v) is 3.42. The molecule has 1 unspecified atom stereocenters. The van der Waals surface area contributed by atoms with Gasteiger partial charge in [0.25, 0.3) is 0 Å². The van der Waals surface area contributed by atoms with E-state index in [4.69, 9.17) is 4.74 Å². The molecule has 0 spiro atoms. The minimum absolute atomic E-state index is 0. The summed E-state index contributed by atoms with van der Waals surface area (Å²) in [5.41, 5.74) is 2.17. The van der Waals surface area contributed by atoms with E-state index in [2.05, 4.69) is 36.3 Å². The van der Waals surface area contributed by atoms with E-state index in [-0.39, 0.29) is 30.2 Å². The van der Waals surface area contributed by atoms with Crippen molar-refractivity contribution in [3.05, 3.63) is 47.5 Å². The largest absolute Gasteiger partial charge is 0.491 e. The topological polar surface area (TPSA) is 70.2 Å². The van der Waals surface area contributed by atoms with Gasteiger partial charge in [0, 0.05) is 29.8 Å². The van der Waals surface area contributed by atoms with Gasteiger partial charge in [-0.1, -0.05) is 20.8 Å².